The highest BCUT2D eigenvalue weighted by Crippen LogP contribution is 2.71. The van der Waals surface area contributed by atoms with Gasteiger partial charge in [0.25, 0.3) is 0 Å². The normalized spacial score (nSPS) is 41.7. The Morgan fingerprint density at radius 1 is 1.03 bits per heavy atom. The molecule has 0 aliphatic heterocycles. The van der Waals surface area contributed by atoms with Crippen molar-refractivity contribution in [1.82, 2.24) is 0 Å². The number of carbonyl (C=O) groups is 3. The molecule has 0 aromatic rings. The summed E-state index contributed by atoms with van der Waals surface area (Å²) in [7, 11) is 0. The standard InChI is InChI=1S/C29H44O3/c1-8-19(30)10-9-18(2)20-11-16-29(7)25-21(12-15-28(20,29)6)27(5)14-13-24(32)26(3,4)23(27)17-22(25)31/h18,20,23H,8-17H2,1-7H3/t18-,20-,23+,27-,28-,29+/m1/s1. The van der Waals surface area contributed by atoms with E-state index >= 15 is 0 Å². The first-order valence-corrected chi connectivity index (χ1v) is 13.1. The van der Waals surface area contributed by atoms with Crippen molar-refractivity contribution in [3.8, 4) is 0 Å². The smallest absolute Gasteiger partial charge is 0.159 e. The van der Waals surface area contributed by atoms with Gasteiger partial charge in [0, 0.05) is 42.1 Å². The number of rotatable bonds is 5. The Morgan fingerprint density at radius 3 is 2.38 bits per heavy atom. The van der Waals surface area contributed by atoms with Crippen LogP contribution < -0.4 is 0 Å². The Balaban J connectivity index is 1.71. The molecule has 2 fully saturated rings. The first-order chi connectivity index (χ1) is 14.8. The molecule has 0 bridgehead atoms. The van der Waals surface area contributed by atoms with Gasteiger partial charge in [0.05, 0.1) is 0 Å². The molecule has 4 aliphatic rings. The maximum Gasteiger partial charge on any atom is 0.159 e. The number of hydrogen-bond acceptors (Lipinski definition) is 3. The number of hydrogen-bond donors (Lipinski definition) is 0. The summed E-state index contributed by atoms with van der Waals surface area (Å²) < 4.78 is 0. The number of Topliss-reactive ketones (excluding diaryl/α,β-unsaturated/α-hetero) is 3. The van der Waals surface area contributed by atoms with E-state index in [9.17, 15) is 14.4 Å². The molecule has 0 aromatic carbocycles. The van der Waals surface area contributed by atoms with E-state index in [2.05, 4.69) is 41.5 Å². The van der Waals surface area contributed by atoms with Crippen LogP contribution in [0.4, 0.5) is 0 Å². The lowest BCUT2D eigenvalue weighted by Crippen LogP contribution is -2.56. The molecule has 4 rings (SSSR count). The van der Waals surface area contributed by atoms with Crippen molar-refractivity contribution in [2.24, 2.45) is 39.4 Å². The fraction of sp³-hybridized carbons (Fsp3) is 0.828. The molecule has 178 valence electrons. The zero-order chi connectivity index (χ0) is 23.7. The first-order valence-electron chi connectivity index (χ1n) is 13.1. The lowest BCUT2D eigenvalue weighted by molar-refractivity contribution is -0.142. The highest BCUT2D eigenvalue weighted by Gasteiger charge is 2.65. The Labute approximate surface area is 195 Å². The van der Waals surface area contributed by atoms with E-state index < -0.39 is 5.41 Å². The summed E-state index contributed by atoms with van der Waals surface area (Å²) in [6.45, 7) is 15.6. The third kappa shape index (κ3) is 3.08. The summed E-state index contributed by atoms with van der Waals surface area (Å²) >= 11 is 0. The van der Waals surface area contributed by atoms with Crippen LogP contribution in [0.3, 0.4) is 0 Å². The minimum Gasteiger partial charge on any atom is -0.300 e. The van der Waals surface area contributed by atoms with E-state index in [1.54, 1.807) is 0 Å². The van der Waals surface area contributed by atoms with E-state index in [1.165, 1.54) is 5.57 Å². The summed E-state index contributed by atoms with van der Waals surface area (Å²) in [5.41, 5.74) is 2.16. The molecule has 0 aromatic heterocycles. The molecular weight excluding hydrogens is 396 g/mol. The average molecular weight is 441 g/mol. The van der Waals surface area contributed by atoms with Crippen LogP contribution in [0.5, 0.6) is 0 Å². The quantitative estimate of drug-likeness (QED) is 0.468. The van der Waals surface area contributed by atoms with E-state index in [1.807, 2.05) is 6.92 Å². The predicted octanol–water partition coefficient (Wildman–Crippen LogP) is 6.88. The van der Waals surface area contributed by atoms with Crippen molar-refractivity contribution in [3.05, 3.63) is 11.1 Å². The van der Waals surface area contributed by atoms with Crippen LogP contribution in [-0.4, -0.2) is 17.3 Å². The van der Waals surface area contributed by atoms with Crippen molar-refractivity contribution in [1.29, 1.82) is 0 Å². The Bertz CT molecular complexity index is 879. The van der Waals surface area contributed by atoms with Gasteiger partial charge in [0.15, 0.2) is 5.78 Å². The van der Waals surface area contributed by atoms with E-state index in [0.717, 1.165) is 44.1 Å². The minimum atomic E-state index is -0.415. The Kier molecular flexibility index (Phi) is 5.70. The van der Waals surface area contributed by atoms with Crippen molar-refractivity contribution in [2.45, 2.75) is 113 Å². The topological polar surface area (TPSA) is 51.2 Å². The monoisotopic (exact) mass is 440 g/mol. The molecule has 0 heterocycles. The van der Waals surface area contributed by atoms with Crippen molar-refractivity contribution in [2.75, 3.05) is 0 Å². The molecular formula is C29H44O3. The van der Waals surface area contributed by atoms with E-state index in [0.29, 0.717) is 54.9 Å². The van der Waals surface area contributed by atoms with Gasteiger partial charge in [-0.25, -0.2) is 0 Å². The molecule has 2 saturated carbocycles. The maximum absolute atomic E-state index is 13.8. The summed E-state index contributed by atoms with van der Waals surface area (Å²) in [4.78, 5) is 38.6. The van der Waals surface area contributed by atoms with Crippen LogP contribution in [0.1, 0.15) is 113 Å². The molecule has 3 heteroatoms. The largest absolute Gasteiger partial charge is 0.300 e. The van der Waals surface area contributed by atoms with Crippen molar-refractivity contribution < 1.29 is 14.4 Å². The Hall–Kier alpha value is -1.25. The molecule has 0 saturated heterocycles. The molecule has 0 spiro atoms. The summed E-state index contributed by atoms with van der Waals surface area (Å²) in [6, 6.07) is 0. The zero-order valence-corrected chi connectivity index (χ0v) is 21.5. The molecule has 32 heavy (non-hydrogen) atoms. The summed E-state index contributed by atoms with van der Waals surface area (Å²) in [6.07, 6.45) is 8.74. The molecule has 0 amide bonds. The average Bonchev–Trinajstić information content (AvgIpc) is 3.02. The van der Waals surface area contributed by atoms with Gasteiger partial charge in [0.2, 0.25) is 0 Å². The second kappa shape index (κ2) is 7.64. The number of ketones is 3. The van der Waals surface area contributed by atoms with Gasteiger partial charge in [0.1, 0.15) is 11.6 Å². The van der Waals surface area contributed by atoms with E-state index in [-0.39, 0.29) is 22.2 Å². The number of allylic oxidation sites excluding steroid dienone is 2. The minimum absolute atomic E-state index is 0.0256. The van der Waals surface area contributed by atoms with Crippen LogP contribution in [0, 0.1) is 39.4 Å². The highest BCUT2D eigenvalue weighted by molar-refractivity contribution is 6.00. The predicted molar refractivity (Wildman–Crippen MR) is 128 cm³/mol. The third-order valence-electron chi connectivity index (χ3n) is 11.3. The first kappa shape index (κ1) is 23.9. The molecule has 0 unspecified atom stereocenters. The second-order valence-corrected chi connectivity index (χ2v) is 12.9. The molecule has 3 nitrogen and oxygen atoms in total. The lowest BCUT2D eigenvalue weighted by atomic mass is 9.43. The van der Waals surface area contributed by atoms with Crippen LogP contribution in [0.2, 0.25) is 0 Å². The Morgan fingerprint density at radius 2 is 1.72 bits per heavy atom. The zero-order valence-electron chi connectivity index (χ0n) is 21.5. The van der Waals surface area contributed by atoms with Crippen molar-refractivity contribution >= 4 is 17.3 Å². The van der Waals surface area contributed by atoms with Gasteiger partial charge in [-0.05, 0) is 67.1 Å². The van der Waals surface area contributed by atoms with E-state index in [4.69, 9.17) is 0 Å². The SMILES string of the molecule is CCC(=O)CC[C@@H](C)[C@H]1CC[C@@]2(C)C3=C(CC[C@]12C)[C@@]1(C)CCC(=O)C(C)(C)[C@@H]1CC3=O. The van der Waals surface area contributed by atoms with Gasteiger partial charge < -0.3 is 0 Å². The fourth-order valence-electron chi connectivity index (χ4n) is 8.89. The molecule has 4 aliphatic carbocycles. The molecule has 0 radical (unpaired) electrons. The maximum atomic E-state index is 13.8. The van der Waals surface area contributed by atoms with Gasteiger partial charge >= 0.3 is 0 Å². The number of carbonyl (C=O) groups excluding carboxylic acids is 3. The number of fused-ring (bicyclic) bond motifs is 4. The lowest BCUT2D eigenvalue weighted by Gasteiger charge is -2.60. The van der Waals surface area contributed by atoms with Crippen molar-refractivity contribution in [3.63, 3.8) is 0 Å². The van der Waals surface area contributed by atoms with Gasteiger partial charge in [-0.3, -0.25) is 14.4 Å². The molecule has 6 atom stereocenters. The molecule has 0 N–H and O–H groups in total. The summed E-state index contributed by atoms with van der Waals surface area (Å²) in [5, 5.41) is 0. The third-order valence-corrected chi connectivity index (χ3v) is 11.3. The summed E-state index contributed by atoms with van der Waals surface area (Å²) in [5.74, 6) is 2.23. The van der Waals surface area contributed by atoms with Gasteiger partial charge in [-0.1, -0.05) is 54.0 Å². The fourth-order valence-corrected chi connectivity index (χ4v) is 8.89. The van der Waals surface area contributed by atoms with Gasteiger partial charge in [-0.15, -0.1) is 0 Å². The van der Waals surface area contributed by atoms with Crippen LogP contribution in [0.15, 0.2) is 11.1 Å². The van der Waals surface area contributed by atoms with Crippen LogP contribution in [0.25, 0.3) is 0 Å². The van der Waals surface area contributed by atoms with Crippen LogP contribution in [-0.2, 0) is 14.4 Å². The van der Waals surface area contributed by atoms with Crippen LogP contribution >= 0.6 is 0 Å². The van der Waals surface area contributed by atoms with Gasteiger partial charge in [-0.2, -0.15) is 0 Å². The second-order valence-electron chi connectivity index (χ2n) is 12.9. The highest BCUT2D eigenvalue weighted by atomic mass is 16.1.